The van der Waals surface area contributed by atoms with Gasteiger partial charge in [0.1, 0.15) is 0 Å². The van der Waals surface area contributed by atoms with Gasteiger partial charge in [-0.25, -0.2) is 0 Å². The molecule has 0 spiro atoms. The first-order valence-corrected chi connectivity index (χ1v) is 5.66. The molecule has 0 aliphatic rings. The Hall–Kier alpha value is -1.28. The lowest BCUT2D eigenvalue weighted by atomic mass is 10.2. The van der Waals surface area contributed by atoms with E-state index in [2.05, 4.69) is 5.32 Å². The van der Waals surface area contributed by atoms with Gasteiger partial charge in [-0.3, -0.25) is 4.79 Å². The summed E-state index contributed by atoms with van der Waals surface area (Å²) in [6.07, 6.45) is 2.73. The molecule has 0 heterocycles. The number of hydrogen-bond acceptors (Lipinski definition) is 1. The molecule has 16 heavy (non-hydrogen) atoms. The number of carbonyl (C=O) groups excluding carboxylic acids is 1. The van der Waals surface area contributed by atoms with Crippen molar-refractivity contribution in [2.24, 2.45) is 0 Å². The number of nitrogens with one attached hydrogen (secondary N) is 1. The van der Waals surface area contributed by atoms with Crippen molar-refractivity contribution in [3.8, 4) is 0 Å². The molecule has 1 aromatic carbocycles. The Bertz CT molecular complexity index is 424. The zero-order valence-electron chi connectivity index (χ0n) is 9.80. The van der Waals surface area contributed by atoms with Gasteiger partial charge in [-0.2, -0.15) is 0 Å². The van der Waals surface area contributed by atoms with Gasteiger partial charge in [-0.15, -0.1) is 0 Å². The fourth-order valence-electron chi connectivity index (χ4n) is 1.34. The number of hydrogen-bond donors (Lipinski definition) is 1. The minimum Gasteiger partial charge on any atom is -0.321 e. The van der Waals surface area contributed by atoms with Gasteiger partial charge in [-0.1, -0.05) is 30.7 Å². The maximum atomic E-state index is 11.7. The third-order valence-electron chi connectivity index (χ3n) is 2.24. The Labute approximate surface area is 101 Å². The lowest BCUT2D eigenvalue weighted by molar-refractivity contribution is -0.112. The lowest BCUT2D eigenvalue weighted by Crippen LogP contribution is -2.12. The Kier molecular flexibility index (Phi) is 4.56. The van der Waals surface area contributed by atoms with Crippen LogP contribution in [0.15, 0.2) is 29.8 Å². The number of aryl methyl sites for hydroxylation is 1. The van der Waals surface area contributed by atoms with Crippen molar-refractivity contribution in [3.05, 3.63) is 40.4 Å². The molecule has 0 aliphatic carbocycles. The molecule has 0 fully saturated rings. The minimum absolute atomic E-state index is 0.104. The number of rotatable bonds is 3. The van der Waals surface area contributed by atoms with Gasteiger partial charge >= 0.3 is 0 Å². The van der Waals surface area contributed by atoms with E-state index >= 15 is 0 Å². The molecule has 0 aliphatic heterocycles. The molecular formula is C13H16ClNO. The maximum absolute atomic E-state index is 11.7. The summed E-state index contributed by atoms with van der Waals surface area (Å²) >= 11 is 6.02. The van der Waals surface area contributed by atoms with Crippen LogP contribution in [0.25, 0.3) is 0 Å². The van der Waals surface area contributed by atoms with E-state index in [0.717, 1.165) is 12.0 Å². The van der Waals surface area contributed by atoms with Crippen LogP contribution in [0.4, 0.5) is 5.69 Å². The third kappa shape index (κ3) is 3.38. The van der Waals surface area contributed by atoms with Crippen molar-refractivity contribution in [2.45, 2.75) is 27.2 Å². The molecule has 0 aromatic heterocycles. The molecule has 1 N–H and O–H groups in total. The van der Waals surface area contributed by atoms with Gasteiger partial charge in [0.2, 0.25) is 0 Å². The standard InChI is InChI=1S/C13H16ClNO/c1-4-5-10(3)13(16)15-12-7-6-9(2)8-11(12)14/h5-8H,4H2,1-3H3,(H,15,16). The number of halogens is 1. The molecule has 0 unspecified atom stereocenters. The molecule has 1 aromatic rings. The smallest absolute Gasteiger partial charge is 0.251 e. The summed E-state index contributed by atoms with van der Waals surface area (Å²) in [7, 11) is 0. The molecular weight excluding hydrogens is 222 g/mol. The van der Waals surface area contributed by atoms with Crippen molar-refractivity contribution in [2.75, 3.05) is 5.32 Å². The molecule has 1 amide bonds. The zero-order chi connectivity index (χ0) is 12.1. The summed E-state index contributed by atoms with van der Waals surface area (Å²) in [6, 6.07) is 5.56. The number of anilines is 1. The van der Waals surface area contributed by atoms with Crippen molar-refractivity contribution >= 4 is 23.2 Å². The normalized spacial score (nSPS) is 11.4. The summed E-state index contributed by atoms with van der Waals surface area (Å²) in [5.74, 6) is -0.104. The highest BCUT2D eigenvalue weighted by Crippen LogP contribution is 2.23. The third-order valence-corrected chi connectivity index (χ3v) is 2.55. The summed E-state index contributed by atoms with van der Waals surface area (Å²) in [5, 5.41) is 3.35. The summed E-state index contributed by atoms with van der Waals surface area (Å²) in [5.41, 5.74) is 2.43. The molecule has 1 rings (SSSR count). The highest BCUT2D eigenvalue weighted by Gasteiger charge is 2.06. The molecule has 0 saturated heterocycles. The molecule has 3 heteroatoms. The second kappa shape index (κ2) is 5.71. The van der Waals surface area contributed by atoms with Crippen LogP contribution >= 0.6 is 11.6 Å². The Morgan fingerprint density at radius 1 is 1.50 bits per heavy atom. The molecule has 86 valence electrons. The lowest BCUT2D eigenvalue weighted by Gasteiger charge is -2.07. The van der Waals surface area contributed by atoms with E-state index in [9.17, 15) is 4.79 Å². The van der Waals surface area contributed by atoms with E-state index in [1.54, 1.807) is 6.92 Å². The van der Waals surface area contributed by atoms with Crippen LogP contribution in [-0.4, -0.2) is 5.91 Å². The second-order valence-electron chi connectivity index (χ2n) is 3.73. The van der Waals surface area contributed by atoms with E-state index in [0.29, 0.717) is 16.3 Å². The van der Waals surface area contributed by atoms with Crippen LogP contribution in [0.5, 0.6) is 0 Å². The number of allylic oxidation sites excluding steroid dienone is 1. The average molecular weight is 238 g/mol. The molecule has 0 bridgehead atoms. The summed E-state index contributed by atoms with van der Waals surface area (Å²) in [6.45, 7) is 5.75. The topological polar surface area (TPSA) is 29.1 Å². The van der Waals surface area contributed by atoms with E-state index in [-0.39, 0.29) is 5.91 Å². The molecule has 0 radical (unpaired) electrons. The predicted molar refractivity (Wildman–Crippen MR) is 68.9 cm³/mol. The fraction of sp³-hybridized carbons (Fsp3) is 0.308. The predicted octanol–water partition coefficient (Wildman–Crippen LogP) is 3.94. The molecule has 0 saturated carbocycles. The Morgan fingerprint density at radius 2 is 2.19 bits per heavy atom. The highest BCUT2D eigenvalue weighted by molar-refractivity contribution is 6.34. The first kappa shape index (κ1) is 12.8. The second-order valence-corrected chi connectivity index (χ2v) is 4.14. The van der Waals surface area contributed by atoms with Gasteiger partial charge in [0.25, 0.3) is 5.91 Å². The molecule has 2 nitrogen and oxygen atoms in total. The van der Waals surface area contributed by atoms with Crippen molar-refractivity contribution in [1.82, 2.24) is 0 Å². The van der Waals surface area contributed by atoms with Crippen LogP contribution in [0.2, 0.25) is 5.02 Å². The van der Waals surface area contributed by atoms with Gasteiger partial charge in [0, 0.05) is 5.57 Å². The van der Waals surface area contributed by atoms with Crippen LogP contribution in [0.3, 0.4) is 0 Å². The quantitative estimate of drug-likeness (QED) is 0.793. The largest absolute Gasteiger partial charge is 0.321 e. The van der Waals surface area contributed by atoms with Crippen molar-refractivity contribution in [1.29, 1.82) is 0 Å². The number of benzene rings is 1. The van der Waals surface area contributed by atoms with Crippen molar-refractivity contribution < 1.29 is 4.79 Å². The number of amides is 1. The maximum Gasteiger partial charge on any atom is 0.251 e. The minimum atomic E-state index is -0.104. The van der Waals surface area contributed by atoms with Gasteiger partial charge in [-0.05, 0) is 38.0 Å². The number of carbonyl (C=O) groups is 1. The Morgan fingerprint density at radius 3 is 2.75 bits per heavy atom. The van der Waals surface area contributed by atoms with Gasteiger partial charge < -0.3 is 5.32 Å². The first-order chi connectivity index (χ1) is 7.54. The monoisotopic (exact) mass is 237 g/mol. The van der Waals surface area contributed by atoms with Crippen LogP contribution in [-0.2, 0) is 4.79 Å². The van der Waals surface area contributed by atoms with Crippen LogP contribution < -0.4 is 5.32 Å². The van der Waals surface area contributed by atoms with Crippen molar-refractivity contribution in [3.63, 3.8) is 0 Å². The Balaban J connectivity index is 2.81. The summed E-state index contributed by atoms with van der Waals surface area (Å²) in [4.78, 5) is 11.7. The zero-order valence-corrected chi connectivity index (χ0v) is 10.6. The van der Waals surface area contributed by atoms with E-state index in [1.165, 1.54) is 0 Å². The van der Waals surface area contributed by atoms with Gasteiger partial charge in [0.05, 0.1) is 10.7 Å². The fourth-order valence-corrected chi connectivity index (χ4v) is 1.62. The first-order valence-electron chi connectivity index (χ1n) is 5.29. The summed E-state index contributed by atoms with van der Waals surface area (Å²) < 4.78 is 0. The van der Waals surface area contributed by atoms with Crippen LogP contribution in [0, 0.1) is 6.92 Å². The average Bonchev–Trinajstić information content (AvgIpc) is 2.22. The van der Waals surface area contributed by atoms with E-state index in [4.69, 9.17) is 11.6 Å². The highest BCUT2D eigenvalue weighted by atomic mass is 35.5. The molecule has 0 atom stereocenters. The van der Waals surface area contributed by atoms with E-state index in [1.807, 2.05) is 38.1 Å². The van der Waals surface area contributed by atoms with E-state index < -0.39 is 0 Å². The SMILES string of the molecule is CCC=C(C)C(=O)Nc1ccc(C)cc1Cl. The van der Waals surface area contributed by atoms with Gasteiger partial charge in [0.15, 0.2) is 0 Å². The van der Waals surface area contributed by atoms with Crippen LogP contribution in [0.1, 0.15) is 25.8 Å².